The Hall–Kier alpha value is -3.93. The molecule has 0 bridgehead atoms. The summed E-state index contributed by atoms with van der Waals surface area (Å²) < 4.78 is 32.6. The summed E-state index contributed by atoms with van der Waals surface area (Å²) in [5.41, 5.74) is 2.45. The number of hydrogen-bond donors (Lipinski definition) is 2. The van der Waals surface area contributed by atoms with Gasteiger partial charge in [0.2, 0.25) is 15.9 Å². The van der Waals surface area contributed by atoms with E-state index in [4.69, 9.17) is 4.74 Å². The number of benzene rings is 3. The molecule has 36 heavy (non-hydrogen) atoms. The Morgan fingerprint density at radius 2 is 1.78 bits per heavy atom. The van der Waals surface area contributed by atoms with Crippen LogP contribution in [0.2, 0.25) is 0 Å². The van der Waals surface area contributed by atoms with E-state index in [0.717, 1.165) is 5.56 Å². The van der Waals surface area contributed by atoms with Crippen LogP contribution in [0.1, 0.15) is 12.5 Å². The number of ether oxygens (including phenoxy) is 1. The molecule has 0 radical (unpaired) electrons. The number of carbonyl (C=O) groups is 1. The lowest BCUT2D eigenvalue weighted by Gasteiger charge is -2.12. The third-order valence-corrected chi connectivity index (χ3v) is 7.38. The van der Waals surface area contributed by atoms with Crippen LogP contribution in [0.5, 0.6) is 11.6 Å². The van der Waals surface area contributed by atoms with Gasteiger partial charge in [-0.3, -0.25) is 0 Å². The van der Waals surface area contributed by atoms with Gasteiger partial charge in [-0.05, 0) is 56.3 Å². The van der Waals surface area contributed by atoms with Crippen LogP contribution in [0.25, 0.3) is 10.6 Å². The number of aromatic hydroxyl groups is 1. The second-order valence-electron chi connectivity index (χ2n) is 7.81. The van der Waals surface area contributed by atoms with Crippen LogP contribution in [0, 0.1) is 6.92 Å². The van der Waals surface area contributed by atoms with Crippen LogP contribution in [-0.4, -0.2) is 30.5 Å². The molecule has 0 saturated heterocycles. The highest BCUT2D eigenvalue weighted by Gasteiger charge is 2.24. The predicted molar refractivity (Wildman–Crippen MR) is 136 cm³/mol. The van der Waals surface area contributed by atoms with Gasteiger partial charge in [0, 0.05) is 5.56 Å². The summed E-state index contributed by atoms with van der Waals surface area (Å²) in [6.45, 7) is 3.24. The molecule has 4 aromatic rings. The lowest BCUT2D eigenvalue weighted by molar-refractivity contribution is -0.136. The van der Waals surface area contributed by atoms with Crippen LogP contribution in [0.15, 0.2) is 93.3 Å². The molecule has 0 fully saturated rings. The highest BCUT2D eigenvalue weighted by Crippen LogP contribution is 2.35. The number of nitrogens with one attached hydrogen (secondary N) is 1. The first-order chi connectivity index (χ1) is 17.2. The van der Waals surface area contributed by atoms with Crippen molar-refractivity contribution in [3.05, 3.63) is 83.7 Å². The fourth-order valence-electron chi connectivity index (χ4n) is 3.04. The third-order valence-electron chi connectivity index (χ3n) is 4.96. The molecule has 1 atom stereocenters. The number of hydrogen-bond acceptors (Lipinski definition) is 9. The Labute approximate surface area is 212 Å². The predicted octanol–water partition coefficient (Wildman–Crippen LogP) is 5.51. The molecule has 0 aliphatic carbocycles. The first-order valence-corrected chi connectivity index (χ1v) is 13.1. The molecule has 0 aliphatic heterocycles. The molecule has 184 valence electrons. The van der Waals surface area contributed by atoms with E-state index < -0.39 is 22.0 Å². The summed E-state index contributed by atoms with van der Waals surface area (Å²) in [6.07, 6.45) is 0. The van der Waals surface area contributed by atoms with Gasteiger partial charge in [-0.2, -0.15) is 9.84 Å². The van der Waals surface area contributed by atoms with Gasteiger partial charge in [0.15, 0.2) is 0 Å². The van der Waals surface area contributed by atoms with E-state index in [1.807, 2.05) is 25.1 Å². The van der Waals surface area contributed by atoms with Crippen molar-refractivity contribution in [1.29, 1.82) is 0 Å². The fourth-order valence-corrected chi connectivity index (χ4v) is 4.95. The number of aryl methyl sites for hydroxylation is 1. The Morgan fingerprint density at radius 3 is 2.47 bits per heavy atom. The maximum Gasteiger partial charge on any atom is 0.330 e. The first-order valence-electron chi connectivity index (χ1n) is 10.8. The molecule has 4 rings (SSSR count). The standard InChI is InChI=1S/C25H22N4O5S2/c1-16-8-11-20(12-9-16)36(32,33)29-17(2)25(31)34-23-15-35-24(26-23)18-10-13-21(22(30)14-18)28-27-19-6-4-3-5-7-19/h3-15,17,29-30H,1-2H3/b28-27+/t17-/m0/s1. The number of nitrogens with zero attached hydrogens (tertiary/aromatic N) is 3. The lowest BCUT2D eigenvalue weighted by atomic mass is 10.2. The maximum atomic E-state index is 12.5. The van der Waals surface area contributed by atoms with E-state index in [9.17, 15) is 18.3 Å². The Kier molecular flexibility index (Phi) is 7.53. The van der Waals surface area contributed by atoms with Crippen molar-refractivity contribution in [3.63, 3.8) is 0 Å². The SMILES string of the molecule is Cc1ccc(S(=O)(=O)N[C@@H](C)C(=O)Oc2csc(-c3ccc(/N=N/c4ccccc4)c(O)c3)n2)cc1. The summed E-state index contributed by atoms with van der Waals surface area (Å²) in [6, 6.07) is 19.1. The Balaban J connectivity index is 1.40. The van der Waals surface area contributed by atoms with Crippen molar-refractivity contribution in [2.45, 2.75) is 24.8 Å². The van der Waals surface area contributed by atoms with Gasteiger partial charge in [0.25, 0.3) is 0 Å². The second kappa shape index (κ2) is 10.8. The quantitative estimate of drug-likeness (QED) is 0.232. The number of phenolic OH excluding ortho intramolecular Hbond substituents is 1. The minimum atomic E-state index is -3.90. The molecule has 2 N–H and O–H groups in total. The number of phenols is 1. The molecular weight excluding hydrogens is 500 g/mol. The van der Waals surface area contributed by atoms with Crippen molar-refractivity contribution in [3.8, 4) is 22.2 Å². The van der Waals surface area contributed by atoms with Crippen molar-refractivity contribution >= 4 is 38.7 Å². The number of azo groups is 1. The molecule has 0 aliphatic rings. The average molecular weight is 523 g/mol. The van der Waals surface area contributed by atoms with Gasteiger partial charge < -0.3 is 9.84 Å². The highest BCUT2D eigenvalue weighted by atomic mass is 32.2. The highest BCUT2D eigenvalue weighted by molar-refractivity contribution is 7.89. The number of thiazole rings is 1. The topological polar surface area (TPSA) is 130 Å². The van der Waals surface area contributed by atoms with E-state index in [1.54, 1.807) is 36.4 Å². The van der Waals surface area contributed by atoms with Crippen LogP contribution in [0.4, 0.5) is 11.4 Å². The summed E-state index contributed by atoms with van der Waals surface area (Å²) >= 11 is 1.20. The number of carbonyl (C=O) groups excluding carboxylic acids is 1. The smallest absolute Gasteiger partial charge is 0.330 e. The monoisotopic (exact) mass is 522 g/mol. The van der Waals surface area contributed by atoms with Crippen LogP contribution >= 0.6 is 11.3 Å². The molecule has 3 aromatic carbocycles. The minimum Gasteiger partial charge on any atom is -0.506 e. The van der Waals surface area contributed by atoms with Crippen LogP contribution in [0.3, 0.4) is 0 Å². The zero-order chi connectivity index (χ0) is 25.7. The van der Waals surface area contributed by atoms with Gasteiger partial charge >= 0.3 is 5.97 Å². The first kappa shape index (κ1) is 25.2. The second-order valence-corrected chi connectivity index (χ2v) is 10.4. The molecule has 9 nitrogen and oxygen atoms in total. The van der Waals surface area contributed by atoms with E-state index >= 15 is 0 Å². The molecule has 1 aromatic heterocycles. The lowest BCUT2D eigenvalue weighted by Crippen LogP contribution is -2.40. The molecule has 11 heteroatoms. The summed E-state index contributed by atoms with van der Waals surface area (Å²) in [7, 11) is -3.90. The maximum absolute atomic E-state index is 12.5. The summed E-state index contributed by atoms with van der Waals surface area (Å²) in [4.78, 5) is 16.8. The Morgan fingerprint density at radius 1 is 1.06 bits per heavy atom. The van der Waals surface area contributed by atoms with E-state index in [0.29, 0.717) is 21.9 Å². The van der Waals surface area contributed by atoms with Crippen molar-refractivity contribution in [2.75, 3.05) is 0 Å². The number of aromatic nitrogens is 1. The number of sulfonamides is 1. The molecule has 1 heterocycles. The van der Waals surface area contributed by atoms with Crippen molar-refractivity contribution in [2.24, 2.45) is 10.2 Å². The van der Waals surface area contributed by atoms with Crippen LogP contribution in [-0.2, 0) is 14.8 Å². The van der Waals surface area contributed by atoms with Gasteiger partial charge in [-0.1, -0.05) is 35.9 Å². The molecule has 0 amide bonds. The van der Waals surface area contributed by atoms with Crippen molar-refractivity contribution < 1.29 is 23.1 Å². The average Bonchev–Trinajstić information content (AvgIpc) is 3.32. The van der Waals surface area contributed by atoms with Gasteiger partial charge in [-0.25, -0.2) is 18.2 Å². The van der Waals surface area contributed by atoms with E-state index in [-0.39, 0.29) is 16.5 Å². The zero-order valence-electron chi connectivity index (χ0n) is 19.3. The Bertz CT molecular complexity index is 1500. The fraction of sp³-hybridized carbons (Fsp3) is 0.120. The number of esters is 1. The molecule has 0 saturated carbocycles. The number of rotatable bonds is 8. The van der Waals surface area contributed by atoms with E-state index in [1.165, 1.54) is 41.8 Å². The van der Waals surface area contributed by atoms with Gasteiger partial charge in [-0.15, -0.1) is 16.5 Å². The molecule has 0 unspecified atom stereocenters. The normalized spacial score (nSPS) is 12.5. The summed E-state index contributed by atoms with van der Waals surface area (Å²) in [5.74, 6) is -0.865. The van der Waals surface area contributed by atoms with E-state index in [2.05, 4.69) is 19.9 Å². The molecule has 0 spiro atoms. The zero-order valence-corrected chi connectivity index (χ0v) is 21.0. The van der Waals surface area contributed by atoms with Crippen LogP contribution < -0.4 is 9.46 Å². The van der Waals surface area contributed by atoms with Gasteiger partial charge in [0.05, 0.1) is 16.0 Å². The largest absolute Gasteiger partial charge is 0.506 e. The summed E-state index contributed by atoms with van der Waals surface area (Å²) in [5, 5.41) is 20.5. The third kappa shape index (κ3) is 6.19. The minimum absolute atomic E-state index is 0.0220. The molecular formula is C25H22N4O5S2. The van der Waals surface area contributed by atoms with Crippen molar-refractivity contribution in [1.82, 2.24) is 9.71 Å². The van der Waals surface area contributed by atoms with Gasteiger partial charge in [0.1, 0.15) is 22.5 Å².